The first kappa shape index (κ1) is 26.2. The number of ether oxygens (including phenoxy) is 1. The minimum absolute atomic E-state index is 0.177. The van der Waals surface area contributed by atoms with Gasteiger partial charge in [-0.1, -0.05) is 12.1 Å². The van der Waals surface area contributed by atoms with Crippen LogP contribution in [0.2, 0.25) is 0 Å². The molecule has 1 aromatic carbocycles. The third kappa shape index (κ3) is 5.10. The molecule has 5 N–H and O–H groups in total. The second kappa shape index (κ2) is 11.2. The Morgan fingerprint density at radius 3 is 2.88 bits per heavy atom. The molecule has 2 fully saturated rings. The fraction of sp³-hybridized carbons (Fsp3) is 0.370. The molecule has 12 nitrogen and oxygen atoms in total. The van der Waals surface area contributed by atoms with E-state index in [9.17, 15) is 19.2 Å². The molecule has 3 aromatic rings. The highest BCUT2D eigenvalue weighted by atomic mass is 32.1. The number of nitrogens with zero attached hydrogens (tertiary/aromatic N) is 2. The van der Waals surface area contributed by atoms with Crippen LogP contribution in [0.5, 0.6) is 0 Å². The Bertz CT molecular complexity index is 1480. The lowest BCUT2D eigenvalue weighted by Crippen LogP contribution is -2.50. The Hall–Kier alpha value is -4.07. The van der Waals surface area contributed by atoms with Crippen molar-refractivity contribution in [2.24, 2.45) is 0 Å². The first-order chi connectivity index (χ1) is 19.5. The standard InChI is InChI=1S/C27H29N7O5S/c35-20-6-2-11-34(20)12-3-9-29-26(37)18-8-7-17(40-18)24-22-23(32-33-24)15-4-1-5-16(21(15)25(22)36)30-27(38)31-19-14-28-10-13-39-19/h1,4-5,7-8,19,28H,2-3,6,9-14H2,(H,29,37)(H,32,33)(H2,30,31,38). The van der Waals surface area contributed by atoms with Gasteiger partial charge in [-0.05, 0) is 31.0 Å². The Morgan fingerprint density at radius 2 is 2.08 bits per heavy atom. The summed E-state index contributed by atoms with van der Waals surface area (Å²) in [7, 11) is 0. The third-order valence-corrected chi connectivity index (χ3v) is 8.25. The molecule has 0 spiro atoms. The maximum Gasteiger partial charge on any atom is 0.321 e. The molecule has 1 aliphatic carbocycles. The summed E-state index contributed by atoms with van der Waals surface area (Å²) in [5, 5.41) is 19.0. The summed E-state index contributed by atoms with van der Waals surface area (Å²) in [5.41, 5.74) is 2.84. The number of nitrogens with one attached hydrogen (secondary N) is 5. The highest BCUT2D eigenvalue weighted by Crippen LogP contribution is 2.44. The molecule has 2 saturated heterocycles. The first-order valence-corrected chi connectivity index (χ1v) is 14.1. The average molecular weight is 564 g/mol. The number of H-pyrrole nitrogens is 1. The third-order valence-electron chi connectivity index (χ3n) is 7.15. The topological polar surface area (TPSA) is 158 Å². The number of morpholine rings is 1. The van der Waals surface area contributed by atoms with Crippen molar-refractivity contribution in [1.29, 1.82) is 0 Å². The number of aromatic amines is 1. The molecule has 0 radical (unpaired) electrons. The van der Waals surface area contributed by atoms with E-state index in [-0.39, 0.29) is 17.6 Å². The average Bonchev–Trinajstić information content (AvgIpc) is 3.74. The Labute approximate surface area is 233 Å². The monoisotopic (exact) mass is 563 g/mol. The maximum absolute atomic E-state index is 13.6. The number of urea groups is 1. The van der Waals surface area contributed by atoms with Gasteiger partial charge in [-0.2, -0.15) is 5.10 Å². The van der Waals surface area contributed by atoms with E-state index in [0.717, 1.165) is 19.5 Å². The van der Waals surface area contributed by atoms with Crippen LogP contribution >= 0.6 is 11.3 Å². The van der Waals surface area contributed by atoms with Crippen molar-refractivity contribution in [2.75, 3.05) is 44.6 Å². The summed E-state index contributed by atoms with van der Waals surface area (Å²) >= 11 is 1.26. The largest absolute Gasteiger partial charge is 0.356 e. The molecule has 1 unspecified atom stereocenters. The number of carbonyl (C=O) groups excluding carboxylic acids is 4. The number of likely N-dealkylation sites (tertiary alicyclic amines) is 1. The van der Waals surface area contributed by atoms with Crippen LogP contribution in [-0.4, -0.2) is 84.3 Å². The number of anilines is 1. The number of hydrogen-bond donors (Lipinski definition) is 5. The Kier molecular flexibility index (Phi) is 7.32. The summed E-state index contributed by atoms with van der Waals surface area (Å²) in [4.78, 5) is 53.7. The number of ketones is 1. The van der Waals surface area contributed by atoms with Crippen LogP contribution in [0.1, 0.15) is 44.9 Å². The zero-order valence-corrected chi connectivity index (χ0v) is 22.5. The van der Waals surface area contributed by atoms with Crippen molar-refractivity contribution in [3.05, 3.63) is 46.3 Å². The van der Waals surface area contributed by atoms with E-state index in [0.29, 0.717) is 82.6 Å². The summed E-state index contributed by atoms with van der Waals surface area (Å²) in [5.74, 6) is -0.281. The van der Waals surface area contributed by atoms with Crippen LogP contribution < -0.4 is 21.3 Å². The normalized spacial score (nSPS) is 18.0. The van der Waals surface area contributed by atoms with E-state index >= 15 is 0 Å². The van der Waals surface area contributed by atoms with Crippen LogP contribution in [0.15, 0.2) is 30.3 Å². The molecule has 4 heterocycles. The van der Waals surface area contributed by atoms with Gasteiger partial charge in [-0.3, -0.25) is 19.5 Å². The highest BCUT2D eigenvalue weighted by Gasteiger charge is 2.36. The van der Waals surface area contributed by atoms with E-state index in [1.807, 2.05) is 4.90 Å². The molecule has 2 aromatic heterocycles. The van der Waals surface area contributed by atoms with E-state index < -0.39 is 12.3 Å². The quantitative estimate of drug-likeness (QED) is 0.206. The minimum atomic E-state index is -0.470. The molecular weight excluding hydrogens is 534 g/mol. The molecule has 3 aliphatic rings. The molecule has 208 valence electrons. The second-order valence-corrected chi connectivity index (χ2v) is 10.9. The van der Waals surface area contributed by atoms with E-state index in [4.69, 9.17) is 4.74 Å². The summed E-state index contributed by atoms with van der Waals surface area (Å²) in [6.45, 7) is 3.62. The zero-order chi connectivity index (χ0) is 27.6. The van der Waals surface area contributed by atoms with Gasteiger partial charge >= 0.3 is 6.03 Å². The lowest BCUT2D eigenvalue weighted by Gasteiger charge is -2.24. The number of benzene rings is 1. The van der Waals surface area contributed by atoms with Crippen LogP contribution in [0.4, 0.5) is 10.5 Å². The van der Waals surface area contributed by atoms with Gasteiger partial charge in [0.1, 0.15) is 11.9 Å². The number of rotatable bonds is 8. The maximum atomic E-state index is 13.6. The molecule has 2 aliphatic heterocycles. The van der Waals surface area contributed by atoms with Crippen molar-refractivity contribution in [1.82, 2.24) is 31.0 Å². The van der Waals surface area contributed by atoms with Gasteiger partial charge < -0.3 is 30.9 Å². The number of carbonyl (C=O) groups is 4. The lowest BCUT2D eigenvalue weighted by atomic mass is 10.1. The van der Waals surface area contributed by atoms with Crippen LogP contribution in [0.25, 0.3) is 21.8 Å². The van der Waals surface area contributed by atoms with Crippen LogP contribution in [-0.2, 0) is 9.53 Å². The van der Waals surface area contributed by atoms with Gasteiger partial charge in [0.2, 0.25) is 5.91 Å². The van der Waals surface area contributed by atoms with E-state index in [2.05, 4.69) is 31.5 Å². The predicted molar refractivity (Wildman–Crippen MR) is 148 cm³/mol. The summed E-state index contributed by atoms with van der Waals surface area (Å²) in [6, 6.07) is 8.28. The molecule has 1 atom stereocenters. The molecule has 0 saturated carbocycles. The second-order valence-electron chi connectivity index (χ2n) is 9.80. The van der Waals surface area contributed by atoms with Crippen molar-refractivity contribution < 1.29 is 23.9 Å². The summed E-state index contributed by atoms with van der Waals surface area (Å²) in [6.07, 6.45) is 1.74. The summed E-state index contributed by atoms with van der Waals surface area (Å²) < 4.78 is 5.52. The molecule has 4 amide bonds. The van der Waals surface area contributed by atoms with Gasteiger partial charge in [0.05, 0.1) is 38.9 Å². The van der Waals surface area contributed by atoms with Crippen molar-refractivity contribution >= 4 is 40.7 Å². The Morgan fingerprint density at radius 1 is 1.18 bits per heavy atom. The van der Waals surface area contributed by atoms with Crippen molar-refractivity contribution in [3.8, 4) is 21.8 Å². The van der Waals surface area contributed by atoms with Crippen LogP contribution in [0.3, 0.4) is 0 Å². The molecule has 40 heavy (non-hydrogen) atoms. The lowest BCUT2D eigenvalue weighted by molar-refractivity contribution is -0.127. The van der Waals surface area contributed by atoms with Crippen molar-refractivity contribution in [3.63, 3.8) is 0 Å². The molecule has 6 rings (SSSR count). The number of hydrogen-bond acceptors (Lipinski definition) is 8. The fourth-order valence-electron chi connectivity index (χ4n) is 5.22. The molecule has 13 heteroatoms. The van der Waals surface area contributed by atoms with E-state index in [1.54, 1.807) is 30.3 Å². The number of aromatic nitrogens is 2. The van der Waals surface area contributed by atoms with Gasteiger partial charge in [-0.15, -0.1) is 11.3 Å². The number of thiophene rings is 1. The highest BCUT2D eigenvalue weighted by molar-refractivity contribution is 7.17. The first-order valence-electron chi connectivity index (χ1n) is 13.3. The smallest absolute Gasteiger partial charge is 0.321 e. The Balaban J connectivity index is 1.12. The SMILES string of the molecule is O=C(Nc1cccc2c1C(=O)c1c-2n[nH]c1-c1ccc(C(=O)NCCCN2CCCC2=O)s1)NC1CNCCO1. The number of fused-ring (bicyclic) bond motifs is 3. The van der Waals surface area contributed by atoms with Gasteiger partial charge in [-0.25, -0.2) is 4.79 Å². The van der Waals surface area contributed by atoms with E-state index in [1.165, 1.54) is 11.3 Å². The zero-order valence-electron chi connectivity index (χ0n) is 21.7. The number of amides is 4. The van der Waals surface area contributed by atoms with Crippen LogP contribution in [0, 0.1) is 0 Å². The molecular formula is C27H29N7O5S. The molecule has 0 bridgehead atoms. The fourth-order valence-corrected chi connectivity index (χ4v) is 6.14. The van der Waals surface area contributed by atoms with Gasteiger partial charge in [0.25, 0.3) is 5.91 Å². The van der Waals surface area contributed by atoms with Gasteiger partial charge in [0, 0.05) is 44.7 Å². The minimum Gasteiger partial charge on any atom is -0.356 e. The predicted octanol–water partition coefficient (Wildman–Crippen LogP) is 2.16. The van der Waals surface area contributed by atoms with Gasteiger partial charge in [0.15, 0.2) is 5.78 Å². The van der Waals surface area contributed by atoms with Crippen molar-refractivity contribution in [2.45, 2.75) is 25.5 Å².